The Kier molecular flexibility index (Phi) is 2.83. The zero-order valence-corrected chi connectivity index (χ0v) is 7.02. The second kappa shape index (κ2) is 3.68. The molecule has 0 aliphatic rings. The minimum atomic E-state index is 0.307. The van der Waals surface area contributed by atoms with Crippen molar-refractivity contribution in [3.8, 4) is 0 Å². The second-order valence-electron chi connectivity index (χ2n) is 2.34. The first-order valence-corrected chi connectivity index (χ1v) is 4.07. The molecule has 1 aromatic rings. The van der Waals surface area contributed by atoms with Gasteiger partial charge < -0.3 is 4.74 Å². The van der Waals surface area contributed by atoms with Gasteiger partial charge >= 0.3 is 0 Å². The van der Waals surface area contributed by atoms with E-state index < -0.39 is 0 Å². The first kappa shape index (κ1) is 7.69. The SMILES string of the molecule is CC(C)OCc1ccns1. The Bertz CT molecular complexity index is 172. The van der Waals surface area contributed by atoms with Crippen LogP contribution in [0.15, 0.2) is 12.3 Å². The van der Waals surface area contributed by atoms with E-state index in [1.54, 1.807) is 6.20 Å². The maximum atomic E-state index is 5.36. The number of hydrogen-bond donors (Lipinski definition) is 0. The summed E-state index contributed by atoms with van der Waals surface area (Å²) in [6.45, 7) is 4.75. The summed E-state index contributed by atoms with van der Waals surface area (Å²) in [7, 11) is 0. The van der Waals surface area contributed by atoms with Gasteiger partial charge in [-0.05, 0) is 31.4 Å². The molecule has 56 valence electrons. The number of nitrogens with zero attached hydrogens (tertiary/aromatic N) is 1. The van der Waals surface area contributed by atoms with Crippen molar-refractivity contribution in [2.24, 2.45) is 0 Å². The molecule has 0 saturated heterocycles. The lowest BCUT2D eigenvalue weighted by Gasteiger charge is -2.03. The fraction of sp³-hybridized carbons (Fsp3) is 0.571. The molecular weight excluding hydrogens is 146 g/mol. The predicted octanol–water partition coefficient (Wildman–Crippen LogP) is 2.07. The molecule has 1 heterocycles. The summed E-state index contributed by atoms with van der Waals surface area (Å²) in [6.07, 6.45) is 2.10. The second-order valence-corrected chi connectivity index (χ2v) is 3.26. The number of hydrogen-bond acceptors (Lipinski definition) is 3. The standard InChI is InChI=1S/C7H11NOS/c1-6(2)9-5-7-3-4-8-10-7/h3-4,6H,5H2,1-2H3. The molecule has 3 heteroatoms. The molecule has 0 aliphatic carbocycles. The number of ether oxygens (including phenoxy) is 1. The molecule has 0 unspecified atom stereocenters. The van der Waals surface area contributed by atoms with Gasteiger partial charge in [-0.15, -0.1) is 0 Å². The molecule has 0 N–H and O–H groups in total. The zero-order chi connectivity index (χ0) is 7.40. The van der Waals surface area contributed by atoms with Crippen molar-refractivity contribution in [1.82, 2.24) is 4.37 Å². The van der Waals surface area contributed by atoms with E-state index in [-0.39, 0.29) is 0 Å². The average Bonchev–Trinajstić information content (AvgIpc) is 2.34. The molecule has 10 heavy (non-hydrogen) atoms. The van der Waals surface area contributed by atoms with Crippen molar-refractivity contribution in [2.45, 2.75) is 26.6 Å². The highest BCUT2D eigenvalue weighted by Gasteiger charge is 1.96. The Morgan fingerprint density at radius 2 is 2.50 bits per heavy atom. The van der Waals surface area contributed by atoms with Crippen LogP contribution in [0.5, 0.6) is 0 Å². The summed E-state index contributed by atoms with van der Waals surface area (Å²) >= 11 is 1.49. The molecule has 0 aliphatic heterocycles. The lowest BCUT2D eigenvalue weighted by Crippen LogP contribution is -2.00. The molecule has 0 aromatic carbocycles. The maximum absolute atomic E-state index is 5.36. The molecule has 2 nitrogen and oxygen atoms in total. The number of aromatic nitrogens is 1. The Hall–Kier alpha value is -0.410. The van der Waals surface area contributed by atoms with Crippen LogP contribution in [0.2, 0.25) is 0 Å². The van der Waals surface area contributed by atoms with Crippen molar-refractivity contribution < 1.29 is 4.74 Å². The zero-order valence-electron chi connectivity index (χ0n) is 6.20. The van der Waals surface area contributed by atoms with Crippen LogP contribution in [0.1, 0.15) is 18.7 Å². The maximum Gasteiger partial charge on any atom is 0.0828 e. The van der Waals surface area contributed by atoms with E-state index >= 15 is 0 Å². The summed E-state index contributed by atoms with van der Waals surface area (Å²) in [4.78, 5) is 1.19. The van der Waals surface area contributed by atoms with Gasteiger partial charge in [-0.3, -0.25) is 0 Å². The molecular formula is C7H11NOS. The minimum Gasteiger partial charge on any atom is -0.373 e. The van der Waals surface area contributed by atoms with Crippen LogP contribution >= 0.6 is 11.5 Å². The third-order valence-electron chi connectivity index (χ3n) is 1.05. The third-order valence-corrected chi connectivity index (χ3v) is 1.77. The molecule has 0 bridgehead atoms. The van der Waals surface area contributed by atoms with Crippen molar-refractivity contribution in [3.05, 3.63) is 17.1 Å². The van der Waals surface area contributed by atoms with Crippen LogP contribution in [0.3, 0.4) is 0 Å². The molecule has 1 rings (SSSR count). The summed E-state index contributed by atoms with van der Waals surface area (Å²) < 4.78 is 9.32. The first-order valence-electron chi connectivity index (χ1n) is 3.30. The van der Waals surface area contributed by atoms with Crippen LogP contribution in [-0.4, -0.2) is 10.5 Å². The van der Waals surface area contributed by atoms with Gasteiger partial charge in [0.15, 0.2) is 0 Å². The van der Waals surface area contributed by atoms with E-state index in [9.17, 15) is 0 Å². The van der Waals surface area contributed by atoms with Crippen LogP contribution in [0.25, 0.3) is 0 Å². The van der Waals surface area contributed by atoms with Crippen LogP contribution in [-0.2, 0) is 11.3 Å². The van der Waals surface area contributed by atoms with Crippen molar-refractivity contribution in [1.29, 1.82) is 0 Å². The van der Waals surface area contributed by atoms with Gasteiger partial charge in [0.25, 0.3) is 0 Å². The van der Waals surface area contributed by atoms with Gasteiger partial charge in [0.05, 0.1) is 17.6 Å². The fourth-order valence-electron chi connectivity index (χ4n) is 0.565. The van der Waals surface area contributed by atoms with E-state index in [4.69, 9.17) is 4.74 Å². The normalized spacial score (nSPS) is 10.7. The quantitative estimate of drug-likeness (QED) is 0.670. The highest BCUT2D eigenvalue weighted by Crippen LogP contribution is 2.06. The van der Waals surface area contributed by atoms with E-state index in [0.29, 0.717) is 12.7 Å². The molecule has 0 saturated carbocycles. The number of rotatable bonds is 3. The van der Waals surface area contributed by atoms with Crippen LogP contribution < -0.4 is 0 Å². The largest absolute Gasteiger partial charge is 0.373 e. The van der Waals surface area contributed by atoms with Gasteiger partial charge in [-0.1, -0.05) is 0 Å². The highest BCUT2D eigenvalue weighted by molar-refractivity contribution is 7.05. The first-order chi connectivity index (χ1) is 4.79. The fourth-order valence-corrected chi connectivity index (χ4v) is 1.06. The highest BCUT2D eigenvalue weighted by atomic mass is 32.1. The van der Waals surface area contributed by atoms with Gasteiger partial charge in [0.2, 0.25) is 0 Å². The van der Waals surface area contributed by atoms with Gasteiger partial charge in [0.1, 0.15) is 0 Å². The van der Waals surface area contributed by atoms with Gasteiger partial charge in [-0.2, -0.15) is 0 Å². The Labute approximate surface area is 65.0 Å². The lowest BCUT2D eigenvalue weighted by atomic mass is 10.4. The predicted molar refractivity (Wildman–Crippen MR) is 42.0 cm³/mol. The Morgan fingerprint density at radius 3 is 3.00 bits per heavy atom. The van der Waals surface area contributed by atoms with Gasteiger partial charge in [-0.25, -0.2) is 4.37 Å². The monoisotopic (exact) mass is 157 g/mol. The summed E-state index contributed by atoms with van der Waals surface area (Å²) in [5, 5.41) is 0. The smallest absolute Gasteiger partial charge is 0.0828 e. The van der Waals surface area contributed by atoms with Crippen LogP contribution in [0, 0.1) is 0 Å². The van der Waals surface area contributed by atoms with Crippen molar-refractivity contribution >= 4 is 11.5 Å². The van der Waals surface area contributed by atoms with E-state index in [2.05, 4.69) is 4.37 Å². The van der Waals surface area contributed by atoms with E-state index in [0.717, 1.165) is 0 Å². The topological polar surface area (TPSA) is 22.1 Å². The summed E-state index contributed by atoms with van der Waals surface area (Å²) in [5.74, 6) is 0. The molecule has 1 aromatic heterocycles. The third kappa shape index (κ3) is 2.45. The lowest BCUT2D eigenvalue weighted by molar-refractivity contribution is 0.0674. The molecule has 0 amide bonds. The van der Waals surface area contributed by atoms with E-state index in [1.807, 2.05) is 19.9 Å². The van der Waals surface area contributed by atoms with Crippen molar-refractivity contribution in [2.75, 3.05) is 0 Å². The Balaban J connectivity index is 2.28. The van der Waals surface area contributed by atoms with E-state index in [1.165, 1.54) is 16.4 Å². The average molecular weight is 157 g/mol. The van der Waals surface area contributed by atoms with Gasteiger partial charge in [0, 0.05) is 6.20 Å². The van der Waals surface area contributed by atoms with Crippen LogP contribution in [0.4, 0.5) is 0 Å². The summed E-state index contributed by atoms with van der Waals surface area (Å²) in [6, 6.07) is 1.98. The molecule has 0 fully saturated rings. The minimum absolute atomic E-state index is 0.307. The Morgan fingerprint density at radius 1 is 1.70 bits per heavy atom. The summed E-state index contributed by atoms with van der Waals surface area (Å²) in [5.41, 5.74) is 0. The molecule has 0 atom stereocenters. The van der Waals surface area contributed by atoms with Crippen molar-refractivity contribution in [3.63, 3.8) is 0 Å². The molecule has 0 spiro atoms. The molecule has 0 radical (unpaired) electrons.